The quantitative estimate of drug-likeness (QED) is 0.767. The average Bonchev–Trinajstić information content (AvgIpc) is 2.93. The molecule has 0 aliphatic heterocycles. The van der Waals surface area contributed by atoms with Crippen molar-refractivity contribution in [2.45, 2.75) is 13.8 Å². The zero-order valence-electron chi connectivity index (χ0n) is 12.6. The highest BCUT2D eigenvalue weighted by atomic mass is 35.5. The Labute approximate surface area is 134 Å². The lowest BCUT2D eigenvalue weighted by molar-refractivity contribution is 0.229. The van der Waals surface area contributed by atoms with Gasteiger partial charge < -0.3 is 18.8 Å². The molecule has 0 atom stereocenters. The molecular formula is C14H18ClN2O4P. The zero-order valence-corrected chi connectivity index (χ0v) is 14.3. The molecule has 1 aromatic heterocycles. The first-order chi connectivity index (χ1) is 10.6. The van der Waals surface area contributed by atoms with E-state index in [9.17, 15) is 4.57 Å². The summed E-state index contributed by atoms with van der Waals surface area (Å²) in [5, 5.41) is 3.31. The van der Waals surface area contributed by atoms with E-state index in [1.807, 2.05) is 6.07 Å². The van der Waals surface area contributed by atoms with E-state index in [0.717, 1.165) is 0 Å². The van der Waals surface area contributed by atoms with Crippen LogP contribution in [-0.4, -0.2) is 25.2 Å². The molecule has 0 amide bonds. The summed E-state index contributed by atoms with van der Waals surface area (Å²) in [6.45, 7) is 3.93. The van der Waals surface area contributed by atoms with Crippen LogP contribution in [0.3, 0.4) is 0 Å². The second-order valence-corrected chi connectivity index (χ2v) is 6.58. The van der Waals surface area contributed by atoms with Gasteiger partial charge in [-0.2, -0.15) is 4.98 Å². The van der Waals surface area contributed by atoms with E-state index in [1.165, 1.54) is 0 Å². The van der Waals surface area contributed by atoms with Crippen LogP contribution in [0.5, 0.6) is 0 Å². The normalized spacial score (nSPS) is 11.6. The molecule has 0 saturated carbocycles. The monoisotopic (exact) mass is 344 g/mol. The molecule has 0 bridgehead atoms. The minimum atomic E-state index is -3.55. The fraction of sp³-hybridized carbons (Fsp3) is 0.357. The average molecular weight is 345 g/mol. The van der Waals surface area contributed by atoms with Crippen LogP contribution in [0.1, 0.15) is 13.8 Å². The molecule has 1 aromatic carbocycles. The second-order valence-electron chi connectivity index (χ2n) is 4.23. The van der Waals surface area contributed by atoms with Gasteiger partial charge in [0, 0.05) is 7.05 Å². The maximum Gasteiger partial charge on any atom is 0.385 e. The van der Waals surface area contributed by atoms with Crippen molar-refractivity contribution in [1.82, 2.24) is 4.98 Å². The second kappa shape index (κ2) is 7.29. The van der Waals surface area contributed by atoms with Gasteiger partial charge in [0.1, 0.15) is 0 Å². The van der Waals surface area contributed by atoms with Crippen LogP contribution < -0.4 is 10.8 Å². The molecular weight excluding hydrogens is 327 g/mol. The summed E-state index contributed by atoms with van der Waals surface area (Å²) >= 11 is 6.15. The van der Waals surface area contributed by atoms with E-state index >= 15 is 0 Å². The molecule has 0 radical (unpaired) electrons. The minimum Gasteiger partial charge on any atom is -0.420 e. The molecule has 0 spiro atoms. The summed E-state index contributed by atoms with van der Waals surface area (Å²) < 4.78 is 29.1. The third-order valence-electron chi connectivity index (χ3n) is 2.80. The summed E-state index contributed by atoms with van der Waals surface area (Å²) in [6, 6.07) is 7.11. The highest BCUT2D eigenvalue weighted by molar-refractivity contribution is 7.62. The van der Waals surface area contributed by atoms with Crippen LogP contribution in [0.15, 0.2) is 28.7 Å². The van der Waals surface area contributed by atoms with Crippen molar-refractivity contribution in [2.24, 2.45) is 0 Å². The fourth-order valence-electron chi connectivity index (χ4n) is 1.91. The van der Waals surface area contributed by atoms with Gasteiger partial charge in [-0.05, 0) is 26.0 Å². The number of hydrogen-bond donors (Lipinski definition) is 1. The Kier molecular flexibility index (Phi) is 5.64. The van der Waals surface area contributed by atoms with E-state index in [2.05, 4.69) is 10.3 Å². The van der Waals surface area contributed by atoms with Gasteiger partial charge >= 0.3 is 7.60 Å². The smallest absolute Gasteiger partial charge is 0.385 e. The summed E-state index contributed by atoms with van der Waals surface area (Å²) in [6.07, 6.45) is 0. The Balaban J connectivity index is 2.53. The van der Waals surface area contributed by atoms with Gasteiger partial charge in [0.15, 0.2) is 0 Å². The van der Waals surface area contributed by atoms with Crippen molar-refractivity contribution >= 4 is 30.5 Å². The maximum atomic E-state index is 12.9. The summed E-state index contributed by atoms with van der Waals surface area (Å²) in [5.74, 6) is 0.490. The Morgan fingerprint density at radius 2 is 1.91 bits per heavy atom. The molecule has 22 heavy (non-hydrogen) atoms. The molecule has 2 aromatic rings. The Morgan fingerprint density at radius 3 is 2.45 bits per heavy atom. The fourth-order valence-corrected chi connectivity index (χ4v) is 3.74. The summed E-state index contributed by atoms with van der Waals surface area (Å²) in [5.41, 5.74) is 0.722. The summed E-state index contributed by atoms with van der Waals surface area (Å²) in [7, 11) is -1.91. The standard InChI is InChI=1S/C14H18ClN2O4P/c1-4-19-22(18,20-5-2)14-13(16-3)21-12(17-14)10-8-6-7-9-11(10)15/h6-9,16H,4-5H2,1-3H3. The molecule has 1 N–H and O–H groups in total. The minimum absolute atomic E-state index is 0.119. The Hall–Kier alpha value is -1.33. The SMILES string of the molecule is CCOP(=O)(OCC)c1nc(-c2ccccc2Cl)oc1NC. The van der Waals surface area contributed by atoms with Gasteiger partial charge in [0.2, 0.25) is 17.2 Å². The molecule has 0 unspecified atom stereocenters. The number of aromatic nitrogens is 1. The van der Waals surface area contributed by atoms with Gasteiger partial charge in [0.25, 0.3) is 0 Å². The number of nitrogens with zero attached hydrogens (tertiary/aromatic N) is 1. The summed E-state index contributed by atoms with van der Waals surface area (Å²) in [4.78, 5) is 4.29. The van der Waals surface area contributed by atoms with Crippen molar-refractivity contribution in [1.29, 1.82) is 0 Å². The Morgan fingerprint density at radius 1 is 1.27 bits per heavy atom. The van der Waals surface area contributed by atoms with E-state index < -0.39 is 7.60 Å². The first-order valence-corrected chi connectivity index (χ1v) is 8.81. The number of hydrogen-bond acceptors (Lipinski definition) is 6. The molecule has 0 fully saturated rings. The van der Waals surface area contributed by atoms with E-state index in [0.29, 0.717) is 10.6 Å². The molecule has 0 aliphatic carbocycles. The third-order valence-corrected chi connectivity index (χ3v) is 5.15. The molecule has 0 saturated heterocycles. The van der Waals surface area contributed by atoms with E-state index in [1.54, 1.807) is 39.1 Å². The first kappa shape index (κ1) is 17.0. The van der Waals surface area contributed by atoms with Crippen LogP contribution in [0.2, 0.25) is 5.02 Å². The van der Waals surface area contributed by atoms with Gasteiger partial charge in [0.05, 0.1) is 23.8 Å². The highest BCUT2D eigenvalue weighted by Crippen LogP contribution is 2.49. The van der Waals surface area contributed by atoms with Crippen molar-refractivity contribution < 1.29 is 18.0 Å². The van der Waals surface area contributed by atoms with Gasteiger partial charge in [-0.15, -0.1) is 0 Å². The maximum absolute atomic E-state index is 12.9. The Bertz CT molecular complexity index is 679. The lowest BCUT2D eigenvalue weighted by Gasteiger charge is -2.14. The molecule has 6 nitrogen and oxygen atoms in total. The van der Waals surface area contributed by atoms with Crippen LogP contribution in [0.25, 0.3) is 11.5 Å². The van der Waals surface area contributed by atoms with Crippen molar-refractivity contribution in [3.05, 3.63) is 29.3 Å². The van der Waals surface area contributed by atoms with Crippen molar-refractivity contribution in [3.63, 3.8) is 0 Å². The molecule has 120 valence electrons. The van der Waals surface area contributed by atoms with Gasteiger partial charge in [-0.25, -0.2) is 0 Å². The molecule has 2 rings (SSSR count). The van der Waals surface area contributed by atoms with Crippen molar-refractivity contribution in [3.8, 4) is 11.5 Å². The van der Waals surface area contributed by atoms with E-state index in [-0.39, 0.29) is 30.4 Å². The topological polar surface area (TPSA) is 73.6 Å². The lowest BCUT2D eigenvalue weighted by atomic mass is 10.2. The third kappa shape index (κ3) is 3.36. The number of nitrogens with one attached hydrogen (secondary N) is 1. The van der Waals surface area contributed by atoms with Crippen molar-refractivity contribution in [2.75, 3.05) is 25.6 Å². The van der Waals surface area contributed by atoms with Crippen LogP contribution in [0.4, 0.5) is 5.88 Å². The number of halogens is 1. The molecule has 0 aliphatic rings. The molecule has 1 heterocycles. The van der Waals surface area contributed by atoms with Gasteiger partial charge in [-0.1, -0.05) is 23.7 Å². The number of benzene rings is 1. The predicted octanol–water partition coefficient (Wildman–Crippen LogP) is 3.93. The van der Waals surface area contributed by atoms with E-state index in [4.69, 9.17) is 25.1 Å². The van der Waals surface area contributed by atoms with Crippen LogP contribution in [-0.2, 0) is 13.6 Å². The zero-order chi connectivity index (χ0) is 16.2. The van der Waals surface area contributed by atoms with Crippen LogP contribution in [0, 0.1) is 0 Å². The predicted molar refractivity (Wildman–Crippen MR) is 87.0 cm³/mol. The molecule has 8 heteroatoms. The number of oxazole rings is 1. The number of anilines is 1. The lowest BCUT2D eigenvalue weighted by Crippen LogP contribution is -2.15. The largest absolute Gasteiger partial charge is 0.420 e. The van der Waals surface area contributed by atoms with Gasteiger partial charge in [-0.3, -0.25) is 4.57 Å². The number of rotatable bonds is 7. The van der Waals surface area contributed by atoms with Crippen LogP contribution >= 0.6 is 19.2 Å². The highest BCUT2D eigenvalue weighted by Gasteiger charge is 2.35. The first-order valence-electron chi connectivity index (χ1n) is 6.88.